The zero-order valence-corrected chi connectivity index (χ0v) is 11.8. The van der Waals surface area contributed by atoms with Crippen molar-refractivity contribution in [1.82, 2.24) is 5.32 Å². The van der Waals surface area contributed by atoms with Gasteiger partial charge >= 0.3 is 0 Å². The minimum Gasteiger partial charge on any atom is -0.464 e. The van der Waals surface area contributed by atoms with E-state index in [1.165, 1.54) is 17.0 Å². The molecule has 20 heavy (non-hydrogen) atoms. The second-order valence-electron chi connectivity index (χ2n) is 4.81. The highest BCUT2D eigenvalue weighted by molar-refractivity contribution is 5.50. The van der Waals surface area contributed by atoms with Crippen molar-refractivity contribution in [1.29, 1.82) is 0 Å². The molecule has 1 aromatic carbocycles. The molecule has 5 heteroatoms. The Morgan fingerprint density at radius 1 is 1.20 bits per heavy atom. The molecule has 108 valence electrons. The SMILES string of the molecule is CNCc1cc(F)c(N(C)Cc2ccc(C)o2)c(F)c1. The van der Waals surface area contributed by atoms with E-state index in [9.17, 15) is 8.78 Å². The molecule has 1 aromatic heterocycles. The molecule has 2 aromatic rings. The van der Waals surface area contributed by atoms with Crippen LogP contribution in [0.3, 0.4) is 0 Å². The first-order chi connectivity index (χ1) is 9.51. The Hall–Kier alpha value is -1.88. The van der Waals surface area contributed by atoms with Crippen LogP contribution in [-0.2, 0) is 13.1 Å². The first-order valence-corrected chi connectivity index (χ1v) is 6.40. The van der Waals surface area contributed by atoms with E-state index in [-0.39, 0.29) is 5.69 Å². The molecule has 3 nitrogen and oxygen atoms in total. The number of hydrogen-bond donors (Lipinski definition) is 1. The molecule has 0 spiro atoms. The number of rotatable bonds is 5. The summed E-state index contributed by atoms with van der Waals surface area (Å²) >= 11 is 0. The van der Waals surface area contributed by atoms with Gasteiger partial charge in [0.25, 0.3) is 0 Å². The zero-order chi connectivity index (χ0) is 14.7. The molecule has 0 aliphatic heterocycles. The molecule has 1 heterocycles. The fourth-order valence-corrected chi connectivity index (χ4v) is 2.17. The normalized spacial score (nSPS) is 10.8. The van der Waals surface area contributed by atoms with Gasteiger partial charge in [0.1, 0.15) is 28.8 Å². The number of nitrogens with one attached hydrogen (secondary N) is 1. The lowest BCUT2D eigenvalue weighted by atomic mass is 10.1. The van der Waals surface area contributed by atoms with E-state index in [0.29, 0.717) is 24.4 Å². The number of aryl methyl sites for hydroxylation is 1. The van der Waals surface area contributed by atoms with Gasteiger partial charge in [-0.1, -0.05) is 0 Å². The molecule has 0 atom stereocenters. The minimum atomic E-state index is -0.568. The Kier molecular flexibility index (Phi) is 4.39. The van der Waals surface area contributed by atoms with Crippen molar-refractivity contribution in [3.8, 4) is 0 Å². The van der Waals surface area contributed by atoms with Crippen LogP contribution in [0.5, 0.6) is 0 Å². The van der Waals surface area contributed by atoms with E-state index < -0.39 is 11.6 Å². The third-order valence-corrected chi connectivity index (χ3v) is 3.03. The summed E-state index contributed by atoms with van der Waals surface area (Å²) in [6.45, 7) is 2.57. The van der Waals surface area contributed by atoms with Gasteiger partial charge in [-0.2, -0.15) is 0 Å². The van der Waals surface area contributed by atoms with Gasteiger partial charge in [0.15, 0.2) is 0 Å². The van der Waals surface area contributed by atoms with Crippen molar-refractivity contribution in [3.63, 3.8) is 0 Å². The Bertz CT molecular complexity index is 572. The van der Waals surface area contributed by atoms with Crippen molar-refractivity contribution < 1.29 is 13.2 Å². The van der Waals surface area contributed by atoms with Crippen LogP contribution in [0.15, 0.2) is 28.7 Å². The van der Waals surface area contributed by atoms with Crippen LogP contribution in [0, 0.1) is 18.6 Å². The van der Waals surface area contributed by atoms with Gasteiger partial charge in [-0.3, -0.25) is 0 Å². The average molecular weight is 280 g/mol. The van der Waals surface area contributed by atoms with E-state index in [4.69, 9.17) is 4.42 Å². The molecule has 2 rings (SSSR count). The molecular formula is C15H18F2N2O. The maximum atomic E-state index is 14.1. The number of halogens is 2. The predicted octanol–water partition coefficient (Wildman–Crippen LogP) is 3.22. The van der Waals surface area contributed by atoms with Gasteiger partial charge in [0, 0.05) is 13.6 Å². The van der Waals surface area contributed by atoms with Crippen LogP contribution in [-0.4, -0.2) is 14.1 Å². The summed E-state index contributed by atoms with van der Waals surface area (Å²) in [5, 5.41) is 2.87. The summed E-state index contributed by atoms with van der Waals surface area (Å²) in [5.41, 5.74) is 0.535. The lowest BCUT2D eigenvalue weighted by molar-refractivity contribution is 0.478. The Balaban J connectivity index is 2.23. The van der Waals surface area contributed by atoms with Crippen molar-refractivity contribution >= 4 is 5.69 Å². The molecule has 0 saturated heterocycles. The minimum absolute atomic E-state index is 0.0427. The second-order valence-corrected chi connectivity index (χ2v) is 4.81. The van der Waals surface area contributed by atoms with Crippen LogP contribution in [0.2, 0.25) is 0 Å². The van der Waals surface area contributed by atoms with Gasteiger partial charge in [-0.15, -0.1) is 0 Å². The highest BCUT2D eigenvalue weighted by Crippen LogP contribution is 2.25. The van der Waals surface area contributed by atoms with Gasteiger partial charge in [0.2, 0.25) is 0 Å². The van der Waals surface area contributed by atoms with Gasteiger partial charge < -0.3 is 14.6 Å². The fourth-order valence-electron chi connectivity index (χ4n) is 2.17. The average Bonchev–Trinajstić information content (AvgIpc) is 2.74. The van der Waals surface area contributed by atoms with Crippen molar-refractivity contribution in [2.75, 3.05) is 19.0 Å². The third-order valence-electron chi connectivity index (χ3n) is 3.03. The maximum absolute atomic E-state index is 14.1. The van der Waals surface area contributed by atoms with Crippen LogP contribution in [0.25, 0.3) is 0 Å². The molecule has 0 saturated carbocycles. The lowest BCUT2D eigenvalue weighted by Gasteiger charge is -2.20. The summed E-state index contributed by atoms with van der Waals surface area (Å²) in [5.74, 6) is 0.309. The maximum Gasteiger partial charge on any atom is 0.149 e. The highest BCUT2D eigenvalue weighted by atomic mass is 19.1. The van der Waals surface area contributed by atoms with Gasteiger partial charge in [-0.05, 0) is 43.8 Å². The summed E-state index contributed by atoms with van der Waals surface area (Å²) < 4.78 is 33.5. The van der Waals surface area contributed by atoms with Gasteiger partial charge in [0.05, 0.1) is 6.54 Å². The van der Waals surface area contributed by atoms with Crippen LogP contribution in [0.4, 0.5) is 14.5 Å². The van der Waals surface area contributed by atoms with E-state index in [1.54, 1.807) is 20.2 Å². The Labute approximate surface area is 117 Å². The van der Waals surface area contributed by atoms with E-state index in [1.807, 2.05) is 13.0 Å². The summed E-state index contributed by atoms with van der Waals surface area (Å²) in [6.07, 6.45) is 0. The topological polar surface area (TPSA) is 28.4 Å². The molecule has 0 aliphatic carbocycles. The summed E-state index contributed by atoms with van der Waals surface area (Å²) in [7, 11) is 3.37. The van der Waals surface area contributed by atoms with Crippen LogP contribution in [0.1, 0.15) is 17.1 Å². The predicted molar refractivity (Wildman–Crippen MR) is 74.7 cm³/mol. The Morgan fingerprint density at radius 3 is 2.35 bits per heavy atom. The molecule has 0 bridgehead atoms. The van der Waals surface area contributed by atoms with E-state index in [0.717, 1.165) is 5.76 Å². The first kappa shape index (κ1) is 14.5. The number of anilines is 1. The number of furan rings is 1. The molecule has 0 radical (unpaired) electrons. The third kappa shape index (κ3) is 3.17. The fraction of sp³-hybridized carbons (Fsp3) is 0.333. The molecular weight excluding hydrogens is 262 g/mol. The standard InChI is InChI=1S/C15H18F2N2O/c1-10-4-5-12(20-10)9-19(3)15-13(16)6-11(8-18-2)7-14(15)17/h4-7,18H,8-9H2,1-3H3. The Morgan fingerprint density at radius 2 is 1.85 bits per heavy atom. The smallest absolute Gasteiger partial charge is 0.149 e. The number of nitrogens with zero attached hydrogens (tertiary/aromatic N) is 1. The monoisotopic (exact) mass is 280 g/mol. The molecule has 0 amide bonds. The molecule has 1 N–H and O–H groups in total. The van der Waals surface area contributed by atoms with Crippen LogP contribution < -0.4 is 10.2 Å². The second kappa shape index (κ2) is 6.05. The zero-order valence-electron chi connectivity index (χ0n) is 11.8. The molecule has 0 aliphatic rings. The van der Waals surface area contributed by atoms with E-state index >= 15 is 0 Å². The quantitative estimate of drug-likeness (QED) is 0.911. The van der Waals surface area contributed by atoms with Crippen LogP contribution >= 0.6 is 0 Å². The molecule has 0 unspecified atom stereocenters. The largest absolute Gasteiger partial charge is 0.464 e. The molecule has 0 fully saturated rings. The summed E-state index contributed by atoms with van der Waals surface area (Å²) in [6, 6.07) is 6.32. The van der Waals surface area contributed by atoms with Crippen molar-refractivity contribution in [2.24, 2.45) is 0 Å². The number of hydrogen-bond acceptors (Lipinski definition) is 3. The number of benzene rings is 1. The van der Waals surface area contributed by atoms with Crippen molar-refractivity contribution in [3.05, 3.63) is 53.0 Å². The first-order valence-electron chi connectivity index (χ1n) is 6.40. The van der Waals surface area contributed by atoms with Crippen molar-refractivity contribution in [2.45, 2.75) is 20.0 Å². The van der Waals surface area contributed by atoms with E-state index in [2.05, 4.69) is 5.32 Å². The van der Waals surface area contributed by atoms with Gasteiger partial charge in [-0.25, -0.2) is 8.78 Å². The highest BCUT2D eigenvalue weighted by Gasteiger charge is 2.16. The summed E-state index contributed by atoms with van der Waals surface area (Å²) in [4.78, 5) is 1.51. The lowest BCUT2D eigenvalue weighted by Crippen LogP contribution is -2.19.